The van der Waals surface area contributed by atoms with Crippen molar-refractivity contribution in [1.29, 1.82) is 0 Å². The Morgan fingerprint density at radius 1 is 1.30 bits per heavy atom. The summed E-state index contributed by atoms with van der Waals surface area (Å²) in [7, 11) is 0. The van der Waals surface area contributed by atoms with Crippen molar-refractivity contribution < 1.29 is 14.0 Å². The molecule has 6 nitrogen and oxygen atoms in total. The number of benzene rings is 1. The molecule has 2 amide bonds. The Bertz CT molecular complexity index is 779. The van der Waals surface area contributed by atoms with Crippen molar-refractivity contribution in [3.05, 3.63) is 59.0 Å². The third-order valence-corrected chi connectivity index (χ3v) is 5.12. The summed E-state index contributed by atoms with van der Waals surface area (Å²) < 4.78 is 5.23. The van der Waals surface area contributed by atoms with Crippen molar-refractivity contribution in [2.45, 2.75) is 38.4 Å². The molecule has 0 saturated carbocycles. The van der Waals surface area contributed by atoms with Crippen LogP contribution in [0.15, 0.2) is 47.1 Å². The average Bonchev–Trinajstić information content (AvgIpc) is 3.31. The van der Waals surface area contributed by atoms with Gasteiger partial charge >= 0.3 is 0 Å². The molecule has 27 heavy (non-hydrogen) atoms. The fraction of sp³-hybridized carbons (Fsp3) is 0.400. The number of halogens is 1. The average molecular weight is 390 g/mol. The van der Waals surface area contributed by atoms with Gasteiger partial charge in [-0.3, -0.25) is 14.5 Å². The van der Waals surface area contributed by atoms with Crippen molar-refractivity contribution >= 4 is 23.4 Å². The molecule has 3 rings (SSSR count). The van der Waals surface area contributed by atoms with Gasteiger partial charge in [0.1, 0.15) is 5.76 Å². The zero-order valence-corrected chi connectivity index (χ0v) is 16.0. The molecule has 0 bridgehead atoms. The molecule has 1 aromatic carbocycles. The van der Waals surface area contributed by atoms with Gasteiger partial charge in [0.2, 0.25) is 11.8 Å². The number of hydrogen-bond acceptors (Lipinski definition) is 4. The molecule has 2 N–H and O–H groups in total. The maximum atomic E-state index is 12.5. The van der Waals surface area contributed by atoms with E-state index >= 15 is 0 Å². The smallest absolute Gasteiger partial charge is 0.237 e. The molecule has 2 unspecified atom stereocenters. The molecule has 7 heteroatoms. The number of nitrogens with zero attached hydrogens (tertiary/aromatic N) is 1. The number of rotatable bonds is 7. The number of carbonyl (C=O) groups is 2. The monoisotopic (exact) mass is 389 g/mol. The van der Waals surface area contributed by atoms with Crippen LogP contribution < -0.4 is 10.6 Å². The fourth-order valence-corrected chi connectivity index (χ4v) is 3.69. The topological polar surface area (TPSA) is 74.6 Å². The van der Waals surface area contributed by atoms with Gasteiger partial charge < -0.3 is 15.1 Å². The third-order valence-electron chi connectivity index (χ3n) is 4.78. The first-order valence-corrected chi connectivity index (χ1v) is 9.50. The molecule has 2 heterocycles. The minimum absolute atomic E-state index is 0.0733. The molecule has 1 aliphatic heterocycles. The lowest BCUT2D eigenvalue weighted by molar-refractivity contribution is -0.128. The van der Waals surface area contributed by atoms with Crippen LogP contribution in [0.1, 0.15) is 37.1 Å². The highest BCUT2D eigenvalue weighted by Crippen LogP contribution is 2.22. The number of likely N-dealkylation sites (tertiary alicyclic amines) is 1. The van der Waals surface area contributed by atoms with Crippen molar-refractivity contribution in [2.24, 2.45) is 0 Å². The summed E-state index contributed by atoms with van der Waals surface area (Å²) in [6, 6.07) is 10.6. The molecule has 2 aromatic rings. The Balaban J connectivity index is 1.51. The molecule has 1 fully saturated rings. The van der Waals surface area contributed by atoms with Crippen LogP contribution in [0.2, 0.25) is 5.02 Å². The zero-order valence-electron chi connectivity index (χ0n) is 15.3. The first kappa shape index (κ1) is 19.5. The Morgan fingerprint density at radius 3 is 2.85 bits per heavy atom. The van der Waals surface area contributed by atoms with E-state index in [0.29, 0.717) is 17.3 Å². The number of furan rings is 1. The van der Waals surface area contributed by atoms with Crippen LogP contribution in [0.3, 0.4) is 0 Å². The van der Waals surface area contributed by atoms with Gasteiger partial charge in [0.25, 0.3) is 0 Å². The lowest BCUT2D eigenvalue weighted by Gasteiger charge is -2.24. The highest BCUT2D eigenvalue weighted by atomic mass is 35.5. The van der Waals surface area contributed by atoms with Crippen LogP contribution in [0.25, 0.3) is 0 Å². The summed E-state index contributed by atoms with van der Waals surface area (Å²) in [4.78, 5) is 26.9. The molecule has 0 radical (unpaired) electrons. The van der Waals surface area contributed by atoms with Gasteiger partial charge in [-0.25, -0.2) is 0 Å². The lowest BCUT2D eigenvalue weighted by atomic mass is 10.1. The van der Waals surface area contributed by atoms with E-state index in [9.17, 15) is 9.59 Å². The molecule has 144 valence electrons. The maximum absolute atomic E-state index is 12.5. The fourth-order valence-electron chi connectivity index (χ4n) is 3.39. The predicted molar refractivity (Wildman–Crippen MR) is 103 cm³/mol. The molecular formula is C20H24ClN3O3. The molecular weight excluding hydrogens is 366 g/mol. The quantitative estimate of drug-likeness (QED) is 0.763. The van der Waals surface area contributed by atoms with Gasteiger partial charge in [0, 0.05) is 5.02 Å². The Kier molecular flexibility index (Phi) is 6.53. The van der Waals surface area contributed by atoms with Gasteiger partial charge in [0.05, 0.1) is 31.4 Å². The normalized spacial score (nSPS) is 18.2. The summed E-state index contributed by atoms with van der Waals surface area (Å²) in [6.45, 7) is 3.17. The Morgan fingerprint density at radius 2 is 2.11 bits per heavy atom. The SMILES string of the molecule is CC(NC(=O)CN1CCCC1C(=O)NCc1ccco1)c1ccccc1Cl. The van der Waals surface area contributed by atoms with E-state index in [2.05, 4.69) is 10.6 Å². The molecule has 1 aromatic heterocycles. The van der Waals surface area contributed by atoms with Crippen molar-refractivity contribution in [2.75, 3.05) is 13.1 Å². The molecule has 1 aliphatic rings. The number of hydrogen-bond donors (Lipinski definition) is 2. The number of carbonyl (C=O) groups excluding carboxylic acids is 2. The van der Waals surface area contributed by atoms with Crippen LogP contribution in [-0.2, 0) is 16.1 Å². The minimum Gasteiger partial charge on any atom is -0.467 e. The Hall–Kier alpha value is -2.31. The Labute approximate surface area is 163 Å². The highest BCUT2D eigenvalue weighted by molar-refractivity contribution is 6.31. The standard InChI is InChI=1S/C20H24ClN3O3/c1-14(16-7-2-3-8-17(16)21)23-19(25)13-24-10-4-9-18(24)20(26)22-12-15-6-5-11-27-15/h2-3,5-8,11,14,18H,4,9-10,12-13H2,1H3,(H,22,26)(H,23,25). The maximum Gasteiger partial charge on any atom is 0.237 e. The van der Waals surface area contributed by atoms with Gasteiger partial charge in [0.15, 0.2) is 0 Å². The molecule has 1 saturated heterocycles. The van der Waals surface area contributed by atoms with Crippen molar-refractivity contribution in [3.8, 4) is 0 Å². The molecule has 2 atom stereocenters. The lowest BCUT2D eigenvalue weighted by Crippen LogP contribution is -2.47. The number of amides is 2. The van der Waals surface area contributed by atoms with Crippen LogP contribution in [-0.4, -0.2) is 35.8 Å². The van der Waals surface area contributed by atoms with E-state index in [1.807, 2.05) is 36.1 Å². The van der Waals surface area contributed by atoms with E-state index in [1.165, 1.54) is 0 Å². The van der Waals surface area contributed by atoms with Gasteiger partial charge in [-0.05, 0) is 50.1 Å². The van der Waals surface area contributed by atoms with Crippen LogP contribution >= 0.6 is 11.6 Å². The van der Waals surface area contributed by atoms with E-state index in [-0.39, 0.29) is 30.4 Å². The highest BCUT2D eigenvalue weighted by Gasteiger charge is 2.32. The second-order valence-electron chi connectivity index (χ2n) is 6.74. The van der Waals surface area contributed by atoms with Crippen molar-refractivity contribution in [3.63, 3.8) is 0 Å². The first-order valence-electron chi connectivity index (χ1n) is 9.12. The minimum atomic E-state index is -0.290. The summed E-state index contributed by atoms with van der Waals surface area (Å²) in [5, 5.41) is 6.47. The summed E-state index contributed by atoms with van der Waals surface area (Å²) in [5.74, 6) is 0.517. The van der Waals surface area contributed by atoms with E-state index in [0.717, 1.165) is 24.9 Å². The van der Waals surface area contributed by atoms with Gasteiger partial charge in [-0.1, -0.05) is 29.8 Å². The van der Waals surface area contributed by atoms with Gasteiger partial charge in [-0.2, -0.15) is 0 Å². The van der Waals surface area contributed by atoms with E-state index in [1.54, 1.807) is 18.4 Å². The summed E-state index contributed by atoms with van der Waals surface area (Å²) in [5.41, 5.74) is 0.877. The largest absolute Gasteiger partial charge is 0.467 e. The van der Waals surface area contributed by atoms with Gasteiger partial charge in [-0.15, -0.1) is 0 Å². The first-order chi connectivity index (χ1) is 13.0. The molecule has 0 spiro atoms. The second kappa shape index (κ2) is 9.06. The van der Waals surface area contributed by atoms with E-state index < -0.39 is 0 Å². The summed E-state index contributed by atoms with van der Waals surface area (Å²) >= 11 is 6.19. The summed E-state index contributed by atoms with van der Waals surface area (Å²) in [6.07, 6.45) is 3.22. The molecule has 0 aliphatic carbocycles. The zero-order chi connectivity index (χ0) is 19.2. The van der Waals surface area contributed by atoms with Crippen molar-refractivity contribution in [1.82, 2.24) is 15.5 Å². The van der Waals surface area contributed by atoms with Crippen LogP contribution in [0.5, 0.6) is 0 Å². The van der Waals surface area contributed by atoms with Crippen LogP contribution in [0.4, 0.5) is 0 Å². The van der Waals surface area contributed by atoms with E-state index in [4.69, 9.17) is 16.0 Å². The predicted octanol–water partition coefficient (Wildman–Crippen LogP) is 2.89. The second-order valence-corrected chi connectivity index (χ2v) is 7.14. The van der Waals surface area contributed by atoms with Crippen LogP contribution in [0, 0.1) is 0 Å². The number of nitrogens with one attached hydrogen (secondary N) is 2. The third kappa shape index (κ3) is 5.11.